The van der Waals surface area contributed by atoms with Gasteiger partial charge in [0.05, 0.1) is 26.9 Å². The van der Waals surface area contributed by atoms with E-state index in [1.807, 2.05) is 66.7 Å². The number of carbonyl (C=O) groups excluding carboxylic acids is 1. The third-order valence-corrected chi connectivity index (χ3v) is 7.75. The Hall–Kier alpha value is -3.15. The van der Waals surface area contributed by atoms with Gasteiger partial charge in [-0.15, -0.1) is 0 Å². The minimum atomic E-state index is -0.872. The summed E-state index contributed by atoms with van der Waals surface area (Å²) in [6, 6.07) is 26.2. The molecule has 0 aliphatic carbocycles. The molecule has 3 aromatic rings. The van der Waals surface area contributed by atoms with Crippen molar-refractivity contribution in [3.8, 4) is 11.5 Å². The predicted octanol–water partition coefficient (Wildman–Crippen LogP) is 8.25. The first-order valence-electron chi connectivity index (χ1n) is 15.2. The van der Waals surface area contributed by atoms with Gasteiger partial charge in [0.15, 0.2) is 0 Å². The van der Waals surface area contributed by atoms with Crippen LogP contribution in [0.25, 0.3) is 0 Å². The Morgan fingerprint density at radius 2 is 1.20 bits per heavy atom. The number of methoxy groups -OCH3 is 2. The smallest absolute Gasteiger partial charge is 0.143 e. The van der Waals surface area contributed by atoms with Gasteiger partial charge in [0.2, 0.25) is 0 Å². The maximum atomic E-state index is 12.0. The number of aliphatic hydroxyl groups is 1. The second-order valence-corrected chi connectivity index (χ2v) is 10.7. The van der Waals surface area contributed by atoms with Gasteiger partial charge in [-0.2, -0.15) is 0 Å². The van der Waals surface area contributed by atoms with E-state index in [2.05, 4.69) is 19.1 Å². The minimum absolute atomic E-state index is 0.389. The Balaban J connectivity index is 1.64. The molecule has 1 N–H and O–H groups in total. The average molecular weight is 561 g/mol. The summed E-state index contributed by atoms with van der Waals surface area (Å²) < 4.78 is 17.7. The lowest BCUT2D eigenvalue weighted by Gasteiger charge is -2.36. The highest BCUT2D eigenvalue weighted by molar-refractivity contribution is 5.78. The molecule has 3 aromatic carbocycles. The van der Waals surface area contributed by atoms with Gasteiger partial charge in [0, 0.05) is 12.8 Å². The number of unbranched alkanes of at least 4 members (excludes halogenated alkanes) is 5. The van der Waals surface area contributed by atoms with Crippen molar-refractivity contribution in [3.63, 3.8) is 0 Å². The molecule has 5 nitrogen and oxygen atoms in total. The number of benzene rings is 3. The number of hydrogen-bond acceptors (Lipinski definition) is 5. The van der Waals surface area contributed by atoms with Gasteiger partial charge in [0.1, 0.15) is 22.9 Å². The molecule has 0 bridgehead atoms. The Labute approximate surface area is 246 Å². The van der Waals surface area contributed by atoms with Crippen molar-refractivity contribution in [1.82, 2.24) is 0 Å². The largest absolute Gasteiger partial charge is 0.497 e. The number of ether oxygens (including phenoxy) is 3. The number of carbonyl (C=O) groups is 1. The van der Waals surface area contributed by atoms with Crippen LogP contribution in [0, 0.1) is 0 Å². The van der Waals surface area contributed by atoms with E-state index in [9.17, 15) is 9.90 Å². The number of ketones is 1. The van der Waals surface area contributed by atoms with Gasteiger partial charge in [-0.25, -0.2) is 0 Å². The van der Waals surface area contributed by atoms with E-state index >= 15 is 0 Å². The Bertz CT molecular complexity index is 1080. The van der Waals surface area contributed by atoms with Crippen molar-refractivity contribution in [2.75, 3.05) is 20.8 Å². The molecule has 1 atom stereocenters. The van der Waals surface area contributed by atoms with Crippen LogP contribution in [0.4, 0.5) is 0 Å². The molecule has 1 unspecified atom stereocenters. The standard InChI is InChI=1S/C36H48O5/c1-4-5-9-16-32(37)17-12-6-7-13-18-33(38)27-28-41-36(29-14-10-8-11-15-29,30-19-23-34(39-2)24-20-30)31-21-25-35(40-3)26-22-31/h8,10-11,14-15,19-26,33,38H,4-7,9,12-13,16-18,27-28H2,1-3H3. The highest BCUT2D eigenvalue weighted by Gasteiger charge is 2.37. The normalized spacial score (nSPS) is 12.2. The topological polar surface area (TPSA) is 65.0 Å². The van der Waals surface area contributed by atoms with Crippen molar-refractivity contribution in [1.29, 1.82) is 0 Å². The fourth-order valence-corrected chi connectivity index (χ4v) is 5.32. The van der Waals surface area contributed by atoms with Crippen LogP contribution in [0.2, 0.25) is 0 Å². The predicted molar refractivity (Wildman–Crippen MR) is 166 cm³/mol. The molecule has 5 heteroatoms. The lowest BCUT2D eigenvalue weighted by atomic mass is 9.80. The molecule has 0 aliphatic rings. The van der Waals surface area contributed by atoms with E-state index in [0.29, 0.717) is 25.2 Å². The van der Waals surface area contributed by atoms with E-state index in [4.69, 9.17) is 14.2 Å². The van der Waals surface area contributed by atoms with Crippen LogP contribution < -0.4 is 9.47 Å². The summed E-state index contributed by atoms with van der Waals surface area (Å²) in [5.74, 6) is 1.95. The quantitative estimate of drug-likeness (QED) is 0.111. The third-order valence-electron chi connectivity index (χ3n) is 7.75. The Kier molecular flexibility index (Phi) is 13.9. The highest BCUT2D eigenvalue weighted by Crippen LogP contribution is 2.41. The van der Waals surface area contributed by atoms with Crippen molar-refractivity contribution >= 4 is 5.78 Å². The van der Waals surface area contributed by atoms with Crippen LogP contribution in [0.15, 0.2) is 78.9 Å². The zero-order valence-electron chi connectivity index (χ0n) is 25.1. The molecule has 0 saturated heterocycles. The third kappa shape index (κ3) is 9.72. The first-order chi connectivity index (χ1) is 20.0. The minimum Gasteiger partial charge on any atom is -0.497 e. The Morgan fingerprint density at radius 1 is 0.683 bits per heavy atom. The molecule has 0 aromatic heterocycles. The van der Waals surface area contributed by atoms with Crippen LogP contribution in [0.3, 0.4) is 0 Å². The van der Waals surface area contributed by atoms with Crippen LogP contribution in [-0.4, -0.2) is 37.8 Å². The molecular formula is C36H48O5. The summed E-state index contributed by atoms with van der Waals surface area (Å²) in [7, 11) is 3.32. The molecule has 0 spiro atoms. The molecule has 0 radical (unpaired) electrons. The summed E-state index contributed by atoms with van der Waals surface area (Å²) in [6.45, 7) is 2.55. The first-order valence-corrected chi connectivity index (χ1v) is 15.2. The van der Waals surface area contributed by atoms with Crippen molar-refractivity contribution in [2.45, 2.75) is 89.3 Å². The lowest BCUT2D eigenvalue weighted by Crippen LogP contribution is -2.34. The molecule has 41 heavy (non-hydrogen) atoms. The van der Waals surface area contributed by atoms with E-state index in [-0.39, 0.29) is 0 Å². The van der Waals surface area contributed by atoms with Crippen LogP contribution in [0.1, 0.15) is 94.2 Å². The van der Waals surface area contributed by atoms with Gasteiger partial charge >= 0.3 is 0 Å². The SMILES string of the molecule is CCCCCC(=O)CCCCCCC(O)CCOC(c1ccccc1)(c1ccc(OC)cc1)c1ccc(OC)cc1. The van der Waals surface area contributed by atoms with E-state index in [1.165, 1.54) is 0 Å². The highest BCUT2D eigenvalue weighted by atomic mass is 16.5. The monoisotopic (exact) mass is 560 g/mol. The maximum Gasteiger partial charge on any atom is 0.143 e. The van der Waals surface area contributed by atoms with Gasteiger partial charge in [-0.05, 0) is 66.6 Å². The molecule has 222 valence electrons. The molecule has 3 rings (SSSR count). The molecule has 0 heterocycles. The molecule has 0 fully saturated rings. The fourth-order valence-electron chi connectivity index (χ4n) is 5.32. The average Bonchev–Trinajstić information content (AvgIpc) is 3.02. The zero-order chi connectivity index (χ0) is 29.3. The van der Waals surface area contributed by atoms with Crippen LogP contribution in [0.5, 0.6) is 11.5 Å². The van der Waals surface area contributed by atoms with Crippen LogP contribution in [-0.2, 0) is 15.1 Å². The summed E-state index contributed by atoms with van der Waals surface area (Å²) in [5.41, 5.74) is 2.10. The van der Waals surface area contributed by atoms with Gasteiger partial charge in [-0.3, -0.25) is 4.79 Å². The van der Waals surface area contributed by atoms with Crippen LogP contribution >= 0.6 is 0 Å². The van der Waals surface area contributed by atoms with Gasteiger partial charge in [-0.1, -0.05) is 93.6 Å². The van der Waals surface area contributed by atoms with Gasteiger partial charge in [0.25, 0.3) is 0 Å². The molecule has 0 saturated carbocycles. The maximum absolute atomic E-state index is 12.0. The Morgan fingerprint density at radius 3 is 1.73 bits per heavy atom. The molecule has 0 amide bonds. The zero-order valence-corrected chi connectivity index (χ0v) is 25.1. The molecule has 0 aliphatic heterocycles. The summed E-state index contributed by atoms with van der Waals surface area (Å²) >= 11 is 0. The van der Waals surface area contributed by atoms with Gasteiger partial charge < -0.3 is 19.3 Å². The number of rotatable bonds is 20. The number of hydrogen-bond donors (Lipinski definition) is 1. The van der Waals surface area contributed by atoms with Crippen molar-refractivity contribution in [3.05, 3.63) is 95.6 Å². The first kappa shape index (κ1) is 32.4. The molecular weight excluding hydrogens is 512 g/mol. The summed E-state index contributed by atoms with van der Waals surface area (Å²) in [4.78, 5) is 12.0. The van der Waals surface area contributed by atoms with E-state index in [1.54, 1.807) is 14.2 Å². The summed E-state index contributed by atoms with van der Waals surface area (Å²) in [6.07, 6.45) is 9.53. The van der Waals surface area contributed by atoms with Crippen molar-refractivity contribution in [2.24, 2.45) is 0 Å². The fraction of sp³-hybridized carbons (Fsp3) is 0.472. The number of Topliss-reactive ketones (excluding diaryl/α,β-unsaturated/α-hetero) is 1. The second kappa shape index (κ2) is 17.6. The number of aliphatic hydroxyl groups excluding tert-OH is 1. The van der Waals surface area contributed by atoms with Crippen molar-refractivity contribution < 1.29 is 24.1 Å². The summed E-state index contributed by atoms with van der Waals surface area (Å²) in [5, 5.41) is 10.8. The second-order valence-electron chi connectivity index (χ2n) is 10.7. The van der Waals surface area contributed by atoms with E-state index < -0.39 is 11.7 Å². The van der Waals surface area contributed by atoms with E-state index in [0.717, 1.165) is 86.0 Å². The lowest BCUT2D eigenvalue weighted by molar-refractivity contribution is -0.119.